The maximum Gasteiger partial charge on any atom is 0.244 e. The number of benzene rings is 4. The largest absolute Gasteiger partial charge is 0.489 e. The van der Waals surface area contributed by atoms with Gasteiger partial charge < -0.3 is 15.0 Å². The fourth-order valence-electron chi connectivity index (χ4n) is 4.89. The van der Waals surface area contributed by atoms with Crippen molar-refractivity contribution in [3.8, 4) is 5.75 Å². The van der Waals surface area contributed by atoms with Crippen LogP contribution >= 0.6 is 23.2 Å². The third-order valence-corrected chi connectivity index (χ3v) is 9.41. The van der Waals surface area contributed by atoms with E-state index in [9.17, 15) is 18.0 Å². The summed E-state index contributed by atoms with van der Waals surface area (Å²) in [6.45, 7) is 3.59. The van der Waals surface area contributed by atoms with Gasteiger partial charge in [0, 0.05) is 29.1 Å². The SMILES string of the molecule is CC[C@H](C)NC(=O)[C@@H](Cc1ccccc1)N(Cc1ccc(Cl)cc1Cl)C(=O)CN(c1ccc(OCc2ccccc2)cc1)S(C)(=O)=O. The van der Waals surface area contributed by atoms with E-state index in [-0.39, 0.29) is 30.6 Å². The molecular weight excluding hydrogens is 657 g/mol. The van der Waals surface area contributed by atoms with Crippen molar-refractivity contribution in [2.45, 2.75) is 51.9 Å². The topological polar surface area (TPSA) is 96.0 Å². The summed E-state index contributed by atoms with van der Waals surface area (Å²) >= 11 is 12.7. The molecule has 2 amide bonds. The molecule has 0 bridgehead atoms. The number of sulfonamides is 1. The highest BCUT2D eigenvalue weighted by Crippen LogP contribution is 2.26. The Labute approximate surface area is 287 Å². The molecule has 2 atom stereocenters. The first-order valence-corrected chi connectivity index (χ1v) is 17.9. The van der Waals surface area contributed by atoms with Crippen LogP contribution in [0.4, 0.5) is 5.69 Å². The number of hydrogen-bond donors (Lipinski definition) is 1. The molecule has 0 aliphatic rings. The molecule has 4 aromatic rings. The van der Waals surface area contributed by atoms with Gasteiger partial charge in [0.05, 0.1) is 11.9 Å². The van der Waals surface area contributed by atoms with E-state index in [0.717, 1.165) is 21.7 Å². The van der Waals surface area contributed by atoms with Crippen LogP contribution in [-0.2, 0) is 39.2 Å². The summed E-state index contributed by atoms with van der Waals surface area (Å²) in [4.78, 5) is 29.6. The van der Waals surface area contributed by atoms with E-state index in [1.54, 1.807) is 42.5 Å². The summed E-state index contributed by atoms with van der Waals surface area (Å²) in [7, 11) is -3.93. The number of rotatable bonds is 15. The van der Waals surface area contributed by atoms with E-state index in [4.69, 9.17) is 27.9 Å². The lowest BCUT2D eigenvalue weighted by atomic mass is 10.0. The lowest BCUT2D eigenvalue weighted by Gasteiger charge is -2.34. The minimum absolute atomic E-state index is 0.0515. The molecule has 4 rings (SSSR count). The lowest BCUT2D eigenvalue weighted by molar-refractivity contribution is -0.140. The van der Waals surface area contributed by atoms with E-state index < -0.39 is 28.5 Å². The van der Waals surface area contributed by atoms with E-state index >= 15 is 0 Å². The predicted octanol–water partition coefficient (Wildman–Crippen LogP) is 6.89. The number of carbonyl (C=O) groups is 2. The van der Waals surface area contributed by atoms with Gasteiger partial charge in [0.1, 0.15) is 24.9 Å². The first-order chi connectivity index (χ1) is 22.4. The Balaban J connectivity index is 1.67. The predicted molar refractivity (Wildman–Crippen MR) is 188 cm³/mol. The molecule has 0 aliphatic carbocycles. The molecule has 4 aromatic carbocycles. The highest BCUT2D eigenvalue weighted by atomic mass is 35.5. The molecule has 0 aromatic heterocycles. The van der Waals surface area contributed by atoms with Gasteiger partial charge in [-0.15, -0.1) is 0 Å². The lowest BCUT2D eigenvalue weighted by Crippen LogP contribution is -2.54. The second-order valence-electron chi connectivity index (χ2n) is 11.3. The Hall–Kier alpha value is -4.05. The zero-order chi connectivity index (χ0) is 34.0. The van der Waals surface area contributed by atoms with Crippen LogP contribution in [0.15, 0.2) is 103 Å². The van der Waals surface area contributed by atoms with Crippen molar-refractivity contribution >= 4 is 50.7 Å². The molecule has 0 saturated carbocycles. The van der Waals surface area contributed by atoms with Crippen LogP contribution < -0.4 is 14.4 Å². The Morgan fingerprint density at radius 1 is 0.872 bits per heavy atom. The molecule has 11 heteroatoms. The highest BCUT2D eigenvalue weighted by molar-refractivity contribution is 7.92. The van der Waals surface area contributed by atoms with E-state index in [1.807, 2.05) is 74.5 Å². The normalized spacial score (nSPS) is 12.5. The van der Waals surface area contributed by atoms with E-state index in [2.05, 4.69) is 5.32 Å². The smallest absolute Gasteiger partial charge is 0.244 e. The summed E-state index contributed by atoms with van der Waals surface area (Å²) < 4.78 is 33.1. The maximum absolute atomic E-state index is 14.3. The number of nitrogens with zero attached hydrogens (tertiary/aromatic N) is 2. The van der Waals surface area contributed by atoms with Gasteiger partial charge in [-0.2, -0.15) is 0 Å². The van der Waals surface area contributed by atoms with E-state index in [1.165, 1.54) is 4.90 Å². The van der Waals surface area contributed by atoms with Crippen molar-refractivity contribution in [2.75, 3.05) is 17.1 Å². The average Bonchev–Trinajstić information content (AvgIpc) is 3.05. The van der Waals surface area contributed by atoms with Gasteiger partial charge in [-0.3, -0.25) is 13.9 Å². The molecule has 1 N–H and O–H groups in total. The van der Waals surface area contributed by atoms with E-state index in [0.29, 0.717) is 34.4 Å². The van der Waals surface area contributed by atoms with Gasteiger partial charge >= 0.3 is 0 Å². The fourth-order valence-corrected chi connectivity index (χ4v) is 6.21. The summed E-state index contributed by atoms with van der Waals surface area (Å²) in [6.07, 6.45) is 1.93. The Bertz CT molecular complexity index is 1740. The maximum atomic E-state index is 14.3. The van der Waals surface area contributed by atoms with Crippen molar-refractivity contribution in [2.24, 2.45) is 0 Å². The molecule has 0 heterocycles. The van der Waals surface area contributed by atoms with Crippen LogP contribution in [0, 0.1) is 0 Å². The first kappa shape index (κ1) is 35.8. The number of amides is 2. The molecule has 47 heavy (non-hydrogen) atoms. The minimum Gasteiger partial charge on any atom is -0.489 e. The van der Waals surface area contributed by atoms with Crippen molar-refractivity contribution in [1.82, 2.24) is 10.2 Å². The number of hydrogen-bond acceptors (Lipinski definition) is 5. The summed E-state index contributed by atoms with van der Waals surface area (Å²) in [5.41, 5.74) is 2.66. The molecule has 0 aliphatic heterocycles. The molecule has 0 spiro atoms. The second-order valence-corrected chi connectivity index (χ2v) is 14.1. The molecule has 0 unspecified atom stereocenters. The van der Waals surface area contributed by atoms with Crippen LogP contribution in [0.2, 0.25) is 10.0 Å². The Kier molecular flexibility index (Phi) is 12.7. The standard InChI is InChI=1S/C36H39Cl2N3O5S/c1-4-26(2)39-36(43)34(21-27-11-7-5-8-12-27)40(23-29-15-16-30(37)22-33(29)38)35(42)24-41(47(3,44)45)31-17-19-32(20-18-31)46-25-28-13-9-6-10-14-28/h5-20,22,26,34H,4,21,23-25H2,1-3H3,(H,39,43)/t26-,34+/m0/s1. The second kappa shape index (κ2) is 16.7. The fraction of sp³-hybridized carbons (Fsp3) is 0.278. The first-order valence-electron chi connectivity index (χ1n) is 15.3. The zero-order valence-corrected chi connectivity index (χ0v) is 28.9. The highest BCUT2D eigenvalue weighted by Gasteiger charge is 2.33. The summed E-state index contributed by atoms with van der Waals surface area (Å²) in [6, 6.07) is 29.3. The van der Waals surface area contributed by atoms with Gasteiger partial charge in [-0.25, -0.2) is 8.42 Å². The average molecular weight is 697 g/mol. The number of halogens is 2. The van der Waals surface area contributed by atoms with Crippen LogP contribution in [0.5, 0.6) is 5.75 Å². The molecular formula is C36H39Cl2N3O5S. The third kappa shape index (κ3) is 10.5. The molecule has 8 nitrogen and oxygen atoms in total. The van der Waals surface area contributed by atoms with Crippen molar-refractivity contribution in [3.05, 3.63) is 130 Å². The Morgan fingerprint density at radius 2 is 1.49 bits per heavy atom. The molecule has 0 saturated heterocycles. The number of ether oxygens (including phenoxy) is 1. The minimum atomic E-state index is -3.93. The van der Waals surface area contributed by atoms with Gasteiger partial charge in [-0.1, -0.05) is 96.9 Å². The number of nitrogens with one attached hydrogen (secondary N) is 1. The summed E-state index contributed by atoms with van der Waals surface area (Å²) in [5.74, 6) is -0.389. The zero-order valence-electron chi connectivity index (χ0n) is 26.6. The summed E-state index contributed by atoms with van der Waals surface area (Å²) in [5, 5.41) is 3.75. The quantitative estimate of drug-likeness (QED) is 0.146. The molecule has 248 valence electrons. The van der Waals surface area contributed by atoms with Gasteiger partial charge in [-0.05, 0) is 66.4 Å². The van der Waals surface area contributed by atoms with Crippen molar-refractivity contribution in [1.29, 1.82) is 0 Å². The molecule has 0 fully saturated rings. The third-order valence-electron chi connectivity index (χ3n) is 7.68. The van der Waals surface area contributed by atoms with Gasteiger partial charge in [0.15, 0.2) is 0 Å². The van der Waals surface area contributed by atoms with Crippen molar-refractivity contribution < 1.29 is 22.7 Å². The Morgan fingerprint density at radius 3 is 2.06 bits per heavy atom. The van der Waals surface area contributed by atoms with Crippen LogP contribution in [0.3, 0.4) is 0 Å². The monoisotopic (exact) mass is 695 g/mol. The molecule has 0 radical (unpaired) electrons. The number of anilines is 1. The number of carbonyl (C=O) groups excluding carboxylic acids is 2. The van der Waals surface area contributed by atoms with Crippen LogP contribution in [-0.4, -0.2) is 50.0 Å². The van der Waals surface area contributed by atoms with Gasteiger partial charge in [0.2, 0.25) is 21.8 Å². The van der Waals surface area contributed by atoms with Crippen molar-refractivity contribution in [3.63, 3.8) is 0 Å². The van der Waals surface area contributed by atoms with Gasteiger partial charge in [0.25, 0.3) is 0 Å². The van der Waals surface area contributed by atoms with Crippen LogP contribution in [0.1, 0.15) is 37.0 Å². The van der Waals surface area contributed by atoms with Crippen LogP contribution in [0.25, 0.3) is 0 Å².